The number of fused-ring (bicyclic) bond motifs is 1. The third kappa shape index (κ3) is 2.66. The highest BCUT2D eigenvalue weighted by Gasteiger charge is 2.24. The standard InChI is InChI=1S/C15H21NO2/c1-3-11(4-2)15(17)16-13-9-10-18-14-8-6-5-7-12(13)14/h5-8,11,13H,3-4,9-10H2,1-2H3,(H,16,17)/t13-/m0/s1. The molecule has 0 bridgehead atoms. The molecule has 2 rings (SSSR count). The maximum Gasteiger partial charge on any atom is 0.223 e. The molecule has 0 saturated carbocycles. The number of nitrogens with one attached hydrogen (secondary N) is 1. The molecule has 98 valence electrons. The molecular weight excluding hydrogens is 226 g/mol. The van der Waals surface area contributed by atoms with Gasteiger partial charge in [0.05, 0.1) is 12.6 Å². The van der Waals surface area contributed by atoms with Crippen LogP contribution in [0.25, 0.3) is 0 Å². The van der Waals surface area contributed by atoms with Crippen LogP contribution in [0.1, 0.15) is 44.7 Å². The van der Waals surface area contributed by atoms with E-state index >= 15 is 0 Å². The first-order valence-corrected chi connectivity index (χ1v) is 6.78. The van der Waals surface area contributed by atoms with Crippen molar-refractivity contribution in [1.29, 1.82) is 0 Å². The quantitative estimate of drug-likeness (QED) is 0.888. The first kappa shape index (κ1) is 12.9. The molecule has 1 aromatic carbocycles. The van der Waals surface area contributed by atoms with Gasteiger partial charge in [-0.05, 0) is 18.9 Å². The summed E-state index contributed by atoms with van der Waals surface area (Å²) in [6, 6.07) is 8.05. The smallest absolute Gasteiger partial charge is 0.223 e. The average molecular weight is 247 g/mol. The molecule has 0 spiro atoms. The number of carbonyl (C=O) groups is 1. The number of para-hydroxylation sites is 1. The minimum atomic E-state index is 0.100. The fraction of sp³-hybridized carbons (Fsp3) is 0.533. The Kier molecular flexibility index (Phi) is 4.24. The summed E-state index contributed by atoms with van der Waals surface area (Å²) in [4.78, 5) is 12.1. The molecule has 0 fully saturated rings. The van der Waals surface area contributed by atoms with Crippen LogP contribution >= 0.6 is 0 Å². The van der Waals surface area contributed by atoms with Gasteiger partial charge in [-0.15, -0.1) is 0 Å². The van der Waals surface area contributed by atoms with Crippen LogP contribution in [0.4, 0.5) is 0 Å². The van der Waals surface area contributed by atoms with Gasteiger partial charge in [0.25, 0.3) is 0 Å². The zero-order valence-corrected chi connectivity index (χ0v) is 11.1. The van der Waals surface area contributed by atoms with E-state index in [9.17, 15) is 4.79 Å². The molecule has 0 saturated heterocycles. The molecule has 3 heteroatoms. The van der Waals surface area contributed by atoms with Crippen LogP contribution in [-0.4, -0.2) is 12.5 Å². The lowest BCUT2D eigenvalue weighted by Gasteiger charge is -2.28. The molecule has 0 aliphatic carbocycles. The van der Waals surface area contributed by atoms with Crippen molar-refractivity contribution in [3.05, 3.63) is 29.8 Å². The van der Waals surface area contributed by atoms with Crippen LogP contribution in [0.15, 0.2) is 24.3 Å². The molecule has 0 aromatic heterocycles. The van der Waals surface area contributed by atoms with Gasteiger partial charge < -0.3 is 10.1 Å². The minimum absolute atomic E-state index is 0.100. The van der Waals surface area contributed by atoms with Crippen molar-refractivity contribution >= 4 is 5.91 Å². The number of rotatable bonds is 4. The zero-order valence-electron chi connectivity index (χ0n) is 11.1. The fourth-order valence-corrected chi connectivity index (χ4v) is 2.44. The molecular formula is C15H21NO2. The summed E-state index contributed by atoms with van der Waals surface area (Å²) in [5, 5.41) is 3.16. The molecule has 18 heavy (non-hydrogen) atoms. The van der Waals surface area contributed by atoms with Gasteiger partial charge in [0.15, 0.2) is 0 Å². The lowest BCUT2D eigenvalue weighted by atomic mass is 9.97. The number of hydrogen-bond acceptors (Lipinski definition) is 2. The molecule has 0 radical (unpaired) electrons. The second-order valence-corrected chi connectivity index (χ2v) is 4.75. The highest BCUT2D eigenvalue weighted by atomic mass is 16.5. The van der Waals surface area contributed by atoms with Crippen LogP contribution < -0.4 is 10.1 Å². The van der Waals surface area contributed by atoms with Crippen LogP contribution in [0.5, 0.6) is 5.75 Å². The van der Waals surface area contributed by atoms with E-state index in [1.807, 2.05) is 24.3 Å². The van der Waals surface area contributed by atoms with Crippen LogP contribution in [-0.2, 0) is 4.79 Å². The largest absolute Gasteiger partial charge is 0.493 e. The fourth-order valence-electron chi connectivity index (χ4n) is 2.44. The summed E-state index contributed by atoms with van der Waals surface area (Å²) < 4.78 is 5.60. The van der Waals surface area contributed by atoms with Crippen molar-refractivity contribution in [2.45, 2.75) is 39.2 Å². The third-order valence-corrected chi connectivity index (χ3v) is 3.63. The van der Waals surface area contributed by atoms with E-state index in [2.05, 4.69) is 19.2 Å². The molecule has 1 heterocycles. The van der Waals surface area contributed by atoms with Crippen LogP contribution in [0, 0.1) is 5.92 Å². The highest BCUT2D eigenvalue weighted by Crippen LogP contribution is 2.31. The maximum atomic E-state index is 12.1. The zero-order chi connectivity index (χ0) is 13.0. The van der Waals surface area contributed by atoms with Crippen molar-refractivity contribution in [2.75, 3.05) is 6.61 Å². The summed E-state index contributed by atoms with van der Waals surface area (Å²) in [6.45, 7) is 4.79. The van der Waals surface area contributed by atoms with E-state index in [1.54, 1.807) is 0 Å². The Morgan fingerprint density at radius 3 is 2.83 bits per heavy atom. The molecule has 1 amide bonds. The van der Waals surface area contributed by atoms with Crippen molar-refractivity contribution in [3.8, 4) is 5.75 Å². The Hall–Kier alpha value is -1.51. The predicted octanol–water partition coefficient (Wildman–Crippen LogP) is 3.06. The molecule has 3 nitrogen and oxygen atoms in total. The first-order valence-electron chi connectivity index (χ1n) is 6.78. The Morgan fingerprint density at radius 1 is 1.39 bits per heavy atom. The van der Waals surface area contributed by atoms with Gasteiger partial charge in [0.1, 0.15) is 5.75 Å². The van der Waals surface area contributed by atoms with E-state index in [-0.39, 0.29) is 17.9 Å². The molecule has 1 N–H and O–H groups in total. The van der Waals surface area contributed by atoms with Crippen molar-refractivity contribution in [2.24, 2.45) is 5.92 Å². The summed E-state index contributed by atoms with van der Waals surface area (Å²) in [5.41, 5.74) is 1.10. The number of carbonyl (C=O) groups excluding carboxylic acids is 1. The van der Waals surface area contributed by atoms with E-state index < -0.39 is 0 Å². The lowest BCUT2D eigenvalue weighted by Crippen LogP contribution is -2.36. The normalized spacial score (nSPS) is 18.1. The van der Waals surface area contributed by atoms with Gasteiger partial charge in [-0.1, -0.05) is 32.0 Å². The van der Waals surface area contributed by atoms with Crippen molar-refractivity contribution < 1.29 is 9.53 Å². The summed E-state index contributed by atoms with van der Waals surface area (Å²) in [5.74, 6) is 1.19. The van der Waals surface area contributed by atoms with E-state index in [4.69, 9.17) is 4.74 Å². The second kappa shape index (κ2) is 5.89. The van der Waals surface area contributed by atoms with Crippen molar-refractivity contribution in [3.63, 3.8) is 0 Å². The predicted molar refractivity (Wildman–Crippen MR) is 71.5 cm³/mol. The van der Waals surface area contributed by atoms with E-state index in [1.165, 1.54) is 0 Å². The SMILES string of the molecule is CCC(CC)C(=O)N[C@H]1CCOc2ccccc21. The summed E-state index contributed by atoms with van der Waals surface area (Å²) >= 11 is 0. The molecule has 1 aliphatic heterocycles. The highest BCUT2D eigenvalue weighted by molar-refractivity contribution is 5.79. The summed E-state index contributed by atoms with van der Waals surface area (Å²) in [6.07, 6.45) is 2.64. The second-order valence-electron chi connectivity index (χ2n) is 4.75. The minimum Gasteiger partial charge on any atom is -0.493 e. The third-order valence-electron chi connectivity index (χ3n) is 3.63. The number of benzene rings is 1. The van der Waals surface area contributed by atoms with Crippen LogP contribution in [0.3, 0.4) is 0 Å². The van der Waals surface area contributed by atoms with Crippen molar-refractivity contribution in [1.82, 2.24) is 5.32 Å². The Morgan fingerprint density at radius 2 is 2.11 bits per heavy atom. The number of ether oxygens (including phenoxy) is 1. The van der Waals surface area contributed by atoms with Gasteiger partial charge in [0.2, 0.25) is 5.91 Å². The number of amides is 1. The monoisotopic (exact) mass is 247 g/mol. The van der Waals surface area contributed by atoms with Gasteiger partial charge in [0, 0.05) is 17.9 Å². The molecule has 1 aromatic rings. The Labute approximate surface area is 109 Å². The van der Waals surface area contributed by atoms with Crippen LogP contribution in [0.2, 0.25) is 0 Å². The van der Waals surface area contributed by atoms with Gasteiger partial charge >= 0.3 is 0 Å². The maximum absolute atomic E-state index is 12.1. The Balaban J connectivity index is 2.09. The Bertz CT molecular complexity index is 413. The van der Waals surface area contributed by atoms with E-state index in [0.717, 1.165) is 30.6 Å². The molecule has 1 atom stereocenters. The van der Waals surface area contributed by atoms with Gasteiger partial charge in [-0.25, -0.2) is 0 Å². The first-order chi connectivity index (χ1) is 8.76. The average Bonchev–Trinajstić information content (AvgIpc) is 2.40. The molecule has 1 aliphatic rings. The van der Waals surface area contributed by atoms with E-state index in [0.29, 0.717) is 6.61 Å². The molecule has 0 unspecified atom stereocenters. The van der Waals surface area contributed by atoms with Gasteiger partial charge in [-0.2, -0.15) is 0 Å². The summed E-state index contributed by atoms with van der Waals surface area (Å²) in [7, 11) is 0. The van der Waals surface area contributed by atoms with Gasteiger partial charge in [-0.3, -0.25) is 4.79 Å². The topological polar surface area (TPSA) is 38.3 Å². The lowest BCUT2D eigenvalue weighted by molar-refractivity contribution is -0.126. The number of hydrogen-bond donors (Lipinski definition) is 1.